The van der Waals surface area contributed by atoms with E-state index in [0.717, 1.165) is 0 Å². The van der Waals surface area contributed by atoms with Crippen LogP contribution >= 0.6 is 0 Å². The second-order valence-electron chi connectivity index (χ2n) is 6.65. The molecule has 0 aliphatic carbocycles. The number of pyridine rings is 1. The van der Waals surface area contributed by atoms with E-state index in [-0.39, 0.29) is 23.3 Å². The Morgan fingerprint density at radius 3 is 2.28 bits per heavy atom. The first-order valence-electron chi connectivity index (χ1n) is 9.39. The molecule has 1 fully saturated rings. The molecule has 1 aromatic carbocycles. The Kier molecular flexibility index (Phi) is 6.43. The third kappa shape index (κ3) is 5.10. The summed E-state index contributed by atoms with van der Waals surface area (Å²) in [6.07, 6.45) is 0.550. The average molecular weight is 397 g/mol. The number of piperazine rings is 1. The molecule has 1 aromatic heterocycles. The van der Waals surface area contributed by atoms with E-state index in [9.17, 15) is 14.4 Å². The summed E-state index contributed by atoms with van der Waals surface area (Å²) in [6.45, 7) is 4.81. The van der Waals surface area contributed by atoms with E-state index >= 15 is 0 Å². The van der Waals surface area contributed by atoms with Crippen LogP contribution in [-0.4, -0.2) is 64.9 Å². The lowest BCUT2D eigenvalue weighted by molar-refractivity contribution is -0.144. The van der Waals surface area contributed by atoms with Crippen molar-refractivity contribution in [3.63, 3.8) is 0 Å². The van der Waals surface area contributed by atoms with E-state index in [1.54, 1.807) is 28.0 Å². The third-order valence-electron chi connectivity index (χ3n) is 4.62. The zero-order valence-electron chi connectivity index (χ0n) is 16.4. The minimum absolute atomic E-state index is 0.0147. The maximum absolute atomic E-state index is 12.6. The molecule has 29 heavy (non-hydrogen) atoms. The molecule has 1 unspecified atom stereocenters. The number of para-hydroxylation sites is 1. The predicted octanol–water partition coefficient (Wildman–Crippen LogP) is 2.11. The summed E-state index contributed by atoms with van der Waals surface area (Å²) in [6, 6.07) is 12.1. The number of nitrogens with zero attached hydrogens (tertiary/aromatic N) is 3. The van der Waals surface area contributed by atoms with Gasteiger partial charge in [-0.25, -0.2) is 9.78 Å². The van der Waals surface area contributed by atoms with Gasteiger partial charge in [-0.1, -0.05) is 18.2 Å². The molecule has 2 aromatic rings. The van der Waals surface area contributed by atoms with Crippen LogP contribution in [0.4, 0.5) is 0 Å². The number of ether oxygens (including phenoxy) is 2. The van der Waals surface area contributed by atoms with Crippen molar-refractivity contribution in [3.05, 3.63) is 54.2 Å². The van der Waals surface area contributed by atoms with Gasteiger partial charge in [-0.15, -0.1) is 0 Å². The minimum Gasteiger partial charge on any atom is -0.449 e. The summed E-state index contributed by atoms with van der Waals surface area (Å²) in [5, 5.41) is 0. The van der Waals surface area contributed by atoms with E-state index in [1.165, 1.54) is 26.1 Å². The summed E-state index contributed by atoms with van der Waals surface area (Å²) < 4.78 is 11.1. The van der Waals surface area contributed by atoms with Gasteiger partial charge >= 0.3 is 5.97 Å². The maximum atomic E-state index is 12.6. The number of carbonyl (C=O) groups excluding carboxylic acids is 3. The molecule has 1 aliphatic heterocycles. The Morgan fingerprint density at radius 1 is 0.966 bits per heavy atom. The van der Waals surface area contributed by atoms with Gasteiger partial charge in [-0.3, -0.25) is 9.59 Å². The van der Waals surface area contributed by atoms with Crippen LogP contribution in [0.3, 0.4) is 0 Å². The van der Waals surface area contributed by atoms with Crippen molar-refractivity contribution < 1.29 is 23.9 Å². The van der Waals surface area contributed by atoms with Crippen LogP contribution < -0.4 is 4.74 Å². The first-order valence-corrected chi connectivity index (χ1v) is 9.39. The van der Waals surface area contributed by atoms with Crippen LogP contribution in [0.1, 0.15) is 24.2 Å². The van der Waals surface area contributed by atoms with E-state index in [0.29, 0.717) is 31.9 Å². The van der Waals surface area contributed by atoms with Gasteiger partial charge in [0.1, 0.15) is 11.3 Å². The molecule has 0 radical (unpaired) electrons. The van der Waals surface area contributed by atoms with E-state index < -0.39 is 12.1 Å². The van der Waals surface area contributed by atoms with Crippen LogP contribution in [0.15, 0.2) is 48.7 Å². The molecule has 1 aliphatic rings. The summed E-state index contributed by atoms with van der Waals surface area (Å²) in [5.41, 5.74) is 0.136. The van der Waals surface area contributed by atoms with Crippen molar-refractivity contribution in [1.29, 1.82) is 0 Å². The zero-order valence-corrected chi connectivity index (χ0v) is 16.4. The molecule has 0 saturated carbocycles. The highest BCUT2D eigenvalue weighted by molar-refractivity contribution is 5.94. The van der Waals surface area contributed by atoms with Crippen LogP contribution in [0, 0.1) is 0 Å². The second kappa shape index (κ2) is 9.18. The van der Waals surface area contributed by atoms with Gasteiger partial charge in [0.05, 0.1) is 0 Å². The minimum atomic E-state index is -0.962. The number of rotatable bonds is 5. The lowest BCUT2D eigenvalue weighted by Crippen LogP contribution is -2.52. The van der Waals surface area contributed by atoms with E-state index in [1.807, 2.05) is 18.2 Å². The first kappa shape index (κ1) is 20.3. The standard InChI is InChI=1S/C21H23N3O5/c1-15(20(26)24-13-11-23(12-14-24)16(2)25)28-21(27)18-9-6-10-22-19(18)29-17-7-4-3-5-8-17/h3-10,15H,11-14H2,1-2H3. The number of benzene rings is 1. The number of esters is 1. The van der Waals surface area contributed by atoms with Crippen molar-refractivity contribution in [3.8, 4) is 11.6 Å². The smallest absolute Gasteiger partial charge is 0.344 e. The summed E-state index contributed by atoms with van der Waals surface area (Å²) >= 11 is 0. The average Bonchev–Trinajstić information content (AvgIpc) is 2.74. The Balaban J connectivity index is 1.63. The normalized spacial score (nSPS) is 14.8. The van der Waals surface area contributed by atoms with Gasteiger partial charge in [-0.05, 0) is 31.2 Å². The topological polar surface area (TPSA) is 89.0 Å². The van der Waals surface area contributed by atoms with Crippen molar-refractivity contribution in [2.75, 3.05) is 26.2 Å². The van der Waals surface area contributed by atoms with Gasteiger partial charge in [0.2, 0.25) is 11.8 Å². The van der Waals surface area contributed by atoms with Crippen molar-refractivity contribution in [2.24, 2.45) is 0 Å². The highest BCUT2D eigenvalue weighted by Gasteiger charge is 2.29. The number of hydrogen-bond donors (Lipinski definition) is 0. The molecular formula is C21H23N3O5. The highest BCUT2D eigenvalue weighted by atomic mass is 16.6. The van der Waals surface area contributed by atoms with Gasteiger partial charge in [-0.2, -0.15) is 0 Å². The summed E-state index contributed by atoms with van der Waals surface area (Å²) in [4.78, 5) is 44.0. The molecule has 8 heteroatoms. The number of aromatic nitrogens is 1. The van der Waals surface area contributed by atoms with Gasteiger partial charge < -0.3 is 19.3 Å². The van der Waals surface area contributed by atoms with Crippen molar-refractivity contribution in [2.45, 2.75) is 20.0 Å². The van der Waals surface area contributed by atoms with Crippen LogP contribution in [0.5, 0.6) is 11.6 Å². The molecule has 8 nitrogen and oxygen atoms in total. The zero-order chi connectivity index (χ0) is 20.8. The van der Waals surface area contributed by atoms with E-state index in [4.69, 9.17) is 9.47 Å². The molecule has 0 bridgehead atoms. The van der Waals surface area contributed by atoms with Gasteiger partial charge in [0.25, 0.3) is 5.91 Å². The largest absolute Gasteiger partial charge is 0.449 e. The molecule has 2 amide bonds. The Morgan fingerprint density at radius 2 is 1.62 bits per heavy atom. The fourth-order valence-electron chi connectivity index (χ4n) is 3.00. The predicted molar refractivity (Wildman–Crippen MR) is 104 cm³/mol. The monoisotopic (exact) mass is 397 g/mol. The van der Waals surface area contributed by atoms with Gasteiger partial charge in [0.15, 0.2) is 6.10 Å². The lowest BCUT2D eigenvalue weighted by atomic mass is 10.2. The fraction of sp³-hybridized carbons (Fsp3) is 0.333. The first-order chi connectivity index (χ1) is 14.0. The molecule has 1 atom stereocenters. The number of amides is 2. The molecule has 0 spiro atoms. The van der Waals surface area contributed by atoms with Crippen LogP contribution in [0.2, 0.25) is 0 Å². The Bertz CT molecular complexity index is 879. The SMILES string of the molecule is CC(=O)N1CCN(C(=O)C(C)OC(=O)c2cccnc2Oc2ccccc2)CC1. The second-order valence-corrected chi connectivity index (χ2v) is 6.65. The van der Waals surface area contributed by atoms with Crippen LogP contribution in [0.25, 0.3) is 0 Å². The Labute approximate surface area is 169 Å². The number of hydrogen-bond acceptors (Lipinski definition) is 6. The van der Waals surface area contributed by atoms with Crippen molar-refractivity contribution in [1.82, 2.24) is 14.8 Å². The molecule has 2 heterocycles. The third-order valence-corrected chi connectivity index (χ3v) is 4.62. The molecular weight excluding hydrogens is 374 g/mol. The highest BCUT2D eigenvalue weighted by Crippen LogP contribution is 2.23. The van der Waals surface area contributed by atoms with Crippen LogP contribution in [-0.2, 0) is 14.3 Å². The number of carbonyl (C=O) groups is 3. The molecule has 1 saturated heterocycles. The molecule has 3 rings (SSSR count). The summed E-state index contributed by atoms with van der Waals surface area (Å²) in [5.74, 6) is -0.353. The Hall–Kier alpha value is -3.42. The fourth-order valence-corrected chi connectivity index (χ4v) is 3.00. The van der Waals surface area contributed by atoms with Crippen molar-refractivity contribution >= 4 is 17.8 Å². The van der Waals surface area contributed by atoms with E-state index in [2.05, 4.69) is 4.98 Å². The molecule has 152 valence electrons. The molecule has 0 N–H and O–H groups in total. The maximum Gasteiger partial charge on any atom is 0.344 e. The van der Waals surface area contributed by atoms with Gasteiger partial charge in [0, 0.05) is 39.3 Å². The quantitative estimate of drug-likeness (QED) is 0.718. The lowest BCUT2D eigenvalue weighted by Gasteiger charge is -2.35. The summed E-state index contributed by atoms with van der Waals surface area (Å²) in [7, 11) is 0.